The Hall–Kier alpha value is -3.13. The molecule has 0 radical (unpaired) electrons. The van der Waals surface area contributed by atoms with E-state index in [9.17, 15) is 31.1 Å². The molecule has 3 fully saturated rings. The molecule has 1 spiro atoms. The van der Waals surface area contributed by atoms with Crippen molar-refractivity contribution in [3.8, 4) is 0 Å². The summed E-state index contributed by atoms with van der Waals surface area (Å²) in [6, 6.07) is 12.0. The lowest BCUT2D eigenvalue weighted by Crippen LogP contribution is -2.67. The molecule has 2 atom stereocenters. The van der Waals surface area contributed by atoms with Gasteiger partial charge < -0.3 is 26.2 Å². The molecule has 14 heteroatoms. The molecule has 0 bridgehead atoms. The van der Waals surface area contributed by atoms with Crippen LogP contribution in [0, 0.1) is 16.7 Å². The number of nitrogens with two attached hydrogens (primary N) is 1. The number of aliphatic carboxylic acids is 2. The van der Waals surface area contributed by atoms with Crippen molar-refractivity contribution in [2.75, 3.05) is 19.6 Å². The summed E-state index contributed by atoms with van der Waals surface area (Å²) in [6.45, 7) is 9.23. The lowest BCUT2D eigenvalue weighted by molar-refractivity contribution is -0.193. The van der Waals surface area contributed by atoms with Crippen molar-refractivity contribution >= 4 is 23.9 Å². The fourth-order valence-corrected chi connectivity index (χ4v) is 5.34. The van der Waals surface area contributed by atoms with Gasteiger partial charge in [-0.25, -0.2) is 9.59 Å². The van der Waals surface area contributed by atoms with Gasteiger partial charge in [-0.05, 0) is 56.4 Å². The van der Waals surface area contributed by atoms with Crippen molar-refractivity contribution in [3.63, 3.8) is 0 Å². The Kier molecular flexibility index (Phi) is 11.2. The number of carboxylic acids is 2. The summed E-state index contributed by atoms with van der Waals surface area (Å²) in [7, 11) is 0. The third-order valence-electron chi connectivity index (χ3n) is 7.52. The number of carboxylic acid groups (broad SMARTS) is 2. The maximum Gasteiger partial charge on any atom is 0.490 e. The highest BCUT2D eigenvalue weighted by molar-refractivity contribution is 5.80. The number of alkyl halides is 6. The molecule has 0 unspecified atom stereocenters. The first kappa shape index (κ1) is 35.1. The number of hydrogen-bond donors (Lipinski definition) is 4. The monoisotopic (exact) mass is 609 g/mol. The van der Waals surface area contributed by atoms with Crippen LogP contribution in [-0.4, -0.2) is 77.0 Å². The van der Waals surface area contributed by atoms with E-state index in [0.29, 0.717) is 17.5 Å². The number of hydrogen-bond acceptors (Lipinski definition) is 5. The van der Waals surface area contributed by atoms with Gasteiger partial charge in [0.1, 0.15) is 0 Å². The van der Waals surface area contributed by atoms with Gasteiger partial charge >= 0.3 is 24.3 Å². The van der Waals surface area contributed by atoms with Crippen LogP contribution >= 0.6 is 0 Å². The summed E-state index contributed by atoms with van der Waals surface area (Å²) in [5, 5.41) is 18.2. The Morgan fingerprint density at radius 3 is 1.88 bits per heavy atom. The van der Waals surface area contributed by atoms with Gasteiger partial charge in [0.05, 0.1) is 5.41 Å². The fraction of sp³-hybridized carbons (Fsp3) is 0.607. The Morgan fingerprint density at radius 2 is 1.48 bits per heavy atom. The highest BCUT2D eigenvalue weighted by Crippen LogP contribution is 2.50. The molecule has 2 saturated carbocycles. The minimum absolute atomic E-state index is 0.198. The first-order valence-corrected chi connectivity index (χ1v) is 13.3. The van der Waals surface area contributed by atoms with Gasteiger partial charge in [-0.3, -0.25) is 4.79 Å². The molecule has 1 amide bonds. The van der Waals surface area contributed by atoms with Crippen LogP contribution in [0.1, 0.15) is 52.0 Å². The van der Waals surface area contributed by atoms with Crippen LogP contribution in [0.5, 0.6) is 0 Å². The van der Waals surface area contributed by atoms with Gasteiger partial charge in [0.25, 0.3) is 0 Å². The molecule has 2 aliphatic carbocycles. The molecule has 4 rings (SSSR count). The molecular weight excluding hydrogens is 572 g/mol. The van der Waals surface area contributed by atoms with Gasteiger partial charge in [-0.2, -0.15) is 26.3 Å². The number of carbonyl (C=O) groups excluding carboxylic acids is 1. The second kappa shape index (κ2) is 13.4. The Balaban J connectivity index is 0.000000367. The molecular formula is C28H37F6N3O5. The predicted octanol–water partition coefficient (Wildman–Crippen LogP) is 4.70. The summed E-state index contributed by atoms with van der Waals surface area (Å²) in [4.78, 5) is 31.7. The number of nitrogens with one attached hydrogen (secondary N) is 1. The van der Waals surface area contributed by atoms with E-state index in [-0.39, 0.29) is 5.91 Å². The molecule has 3 aliphatic rings. The SMILES string of the molecule is CC/C(=C\c1ccccc1)[C@@H]1C[C@H]1NC1CC2(C1)CN(CC(C)(C)C(N)=O)C2.O=C(O)C(F)(F)F.O=C(O)C(F)(F)F. The third-order valence-corrected chi connectivity index (χ3v) is 7.52. The molecule has 42 heavy (non-hydrogen) atoms. The molecule has 1 saturated heterocycles. The van der Waals surface area contributed by atoms with Gasteiger partial charge in [-0.15, -0.1) is 0 Å². The topological polar surface area (TPSA) is 133 Å². The number of carbonyl (C=O) groups is 3. The number of likely N-dealkylation sites (tertiary alicyclic amines) is 1. The van der Waals surface area contributed by atoms with Gasteiger partial charge in [0.15, 0.2) is 0 Å². The number of benzene rings is 1. The lowest BCUT2D eigenvalue weighted by atomic mass is 9.60. The zero-order chi connectivity index (χ0) is 32.1. The highest BCUT2D eigenvalue weighted by atomic mass is 19.4. The van der Waals surface area contributed by atoms with Crippen LogP contribution in [0.25, 0.3) is 6.08 Å². The van der Waals surface area contributed by atoms with E-state index < -0.39 is 29.7 Å². The van der Waals surface area contributed by atoms with Crippen molar-refractivity contribution < 1.29 is 50.9 Å². The third kappa shape index (κ3) is 10.3. The van der Waals surface area contributed by atoms with E-state index in [1.807, 2.05) is 13.8 Å². The number of amides is 1. The van der Waals surface area contributed by atoms with Gasteiger partial charge in [0, 0.05) is 31.7 Å². The second-order valence-corrected chi connectivity index (χ2v) is 11.7. The van der Waals surface area contributed by atoms with Gasteiger partial charge in [-0.1, -0.05) is 48.9 Å². The Labute approximate surface area is 239 Å². The van der Waals surface area contributed by atoms with E-state index >= 15 is 0 Å². The molecule has 0 aromatic heterocycles. The van der Waals surface area contributed by atoms with E-state index in [4.69, 9.17) is 25.5 Å². The van der Waals surface area contributed by atoms with Crippen LogP contribution in [0.15, 0.2) is 35.9 Å². The smallest absolute Gasteiger partial charge is 0.475 e. The number of primary amides is 1. The van der Waals surface area contributed by atoms with Crippen LogP contribution < -0.4 is 11.1 Å². The maximum absolute atomic E-state index is 11.5. The highest BCUT2D eigenvalue weighted by Gasteiger charge is 2.54. The van der Waals surface area contributed by atoms with Gasteiger partial charge in [0.2, 0.25) is 5.91 Å². The van der Waals surface area contributed by atoms with Crippen molar-refractivity contribution in [2.24, 2.45) is 22.5 Å². The minimum Gasteiger partial charge on any atom is -0.475 e. The van der Waals surface area contributed by atoms with E-state index in [1.165, 1.54) is 24.8 Å². The second-order valence-electron chi connectivity index (χ2n) is 11.7. The molecule has 236 valence electrons. The van der Waals surface area contributed by atoms with Crippen molar-refractivity contribution in [2.45, 2.75) is 70.9 Å². The van der Waals surface area contributed by atoms with E-state index in [0.717, 1.165) is 32.0 Å². The first-order chi connectivity index (χ1) is 19.2. The largest absolute Gasteiger partial charge is 0.490 e. The normalized spacial score (nSPS) is 22.0. The van der Waals surface area contributed by atoms with Crippen LogP contribution in [0.3, 0.4) is 0 Å². The van der Waals surface area contributed by atoms with E-state index in [1.54, 1.807) is 5.57 Å². The molecule has 1 aliphatic heterocycles. The van der Waals surface area contributed by atoms with Crippen molar-refractivity contribution in [1.82, 2.24) is 10.2 Å². The molecule has 5 N–H and O–H groups in total. The predicted molar refractivity (Wildman–Crippen MR) is 142 cm³/mol. The van der Waals surface area contributed by atoms with Crippen LogP contribution in [0.2, 0.25) is 0 Å². The van der Waals surface area contributed by atoms with Crippen molar-refractivity contribution in [1.29, 1.82) is 0 Å². The first-order valence-electron chi connectivity index (χ1n) is 13.3. The lowest BCUT2D eigenvalue weighted by Gasteiger charge is -2.60. The number of halogens is 6. The van der Waals surface area contributed by atoms with Crippen LogP contribution in [-0.2, 0) is 14.4 Å². The summed E-state index contributed by atoms with van der Waals surface area (Å²) in [5.41, 5.74) is 8.50. The summed E-state index contributed by atoms with van der Waals surface area (Å²) in [6.07, 6.45) is -2.79. The quantitative estimate of drug-likeness (QED) is 0.314. The standard InChI is InChI=1S/C24H35N3O.2C2HF3O2/c1-4-18(10-17-8-6-5-7-9-17)20-11-21(20)26-19-12-24(13-19)15-27(16-24)14-23(2,3)22(25)28;2*3-2(4,5)1(6)7/h5-10,19-21,26H,4,11-16H2,1-3H3,(H2,25,28);2*(H,6,7)/b18-10+;;/t20-,21+;;/m0../s1. The molecule has 1 aromatic carbocycles. The minimum atomic E-state index is -5.08. The Bertz CT molecular complexity index is 1100. The summed E-state index contributed by atoms with van der Waals surface area (Å²) in [5.74, 6) is -4.99. The zero-order valence-electron chi connectivity index (χ0n) is 23.6. The summed E-state index contributed by atoms with van der Waals surface area (Å²) < 4.78 is 63.5. The molecule has 8 nitrogen and oxygen atoms in total. The maximum atomic E-state index is 11.5. The summed E-state index contributed by atoms with van der Waals surface area (Å²) >= 11 is 0. The fourth-order valence-electron chi connectivity index (χ4n) is 5.34. The van der Waals surface area contributed by atoms with Crippen molar-refractivity contribution in [3.05, 3.63) is 41.5 Å². The average molecular weight is 610 g/mol. The average Bonchev–Trinajstić information content (AvgIpc) is 3.58. The number of nitrogens with zero attached hydrogens (tertiary/aromatic N) is 1. The van der Waals surface area contributed by atoms with Crippen LogP contribution in [0.4, 0.5) is 26.3 Å². The molecule has 1 aromatic rings. The Morgan fingerprint density at radius 1 is 1.00 bits per heavy atom. The van der Waals surface area contributed by atoms with E-state index in [2.05, 4.69) is 53.5 Å². The number of rotatable bonds is 8. The molecule has 1 heterocycles. The zero-order valence-corrected chi connectivity index (χ0v) is 23.6.